The van der Waals surface area contributed by atoms with Crippen molar-refractivity contribution in [2.45, 2.75) is 135 Å². The van der Waals surface area contributed by atoms with Crippen LogP contribution in [0.5, 0.6) is 0 Å². The summed E-state index contributed by atoms with van der Waals surface area (Å²) in [5, 5.41) is 11.4. The van der Waals surface area contributed by atoms with Gasteiger partial charge in [0.1, 0.15) is 36.6 Å². The van der Waals surface area contributed by atoms with Gasteiger partial charge in [0.2, 0.25) is 0 Å². The Kier molecular flexibility index (Phi) is 17.8. The Hall–Kier alpha value is -0.240. The van der Waals surface area contributed by atoms with Gasteiger partial charge >= 0.3 is 0 Å². The summed E-state index contributed by atoms with van der Waals surface area (Å²) in [6, 6.07) is 0. The van der Waals surface area contributed by atoms with Gasteiger partial charge in [0.25, 0.3) is 0 Å². The predicted octanol–water partition coefficient (Wildman–Crippen LogP) is 5.29. The molecule has 0 aromatic carbocycles. The van der Waals surface area contributed by atoms with Crippen molar-refractivity contribution in [1.82, 2.24) is 0 Å². The van der Waals surface area contributed by atoms with Crippen LogP contribution in [0.4, 0.5) is 0 Å². The highest BCUT2D eigenvalue weighted by molar-refractivity contribution is 5.03. The molecule has 0 radical (unpaired) electrons. The van der Waals surface area contributed by atoms with Crippen LogP contribution in [0, 0.1) is 0 Å². The second kappa shape index (κ2) is 19.1. The maximum absolute atomic E-state index is 11.4. The Balaban J connectivity index is 3.16. The number of unbranched alkanes of at least 4 members (excludes halogenated alkanes) is 5. The van der Waals surface area contributed by atoms with Crippen LogP contribution in [0.25, 0.3) is 0 Å². The maximum Gasteiger partial charge on any atom is 0.115 e. The second-order valence-electron chi connectivity index (χ2n) is 8.94. The molecule has 6 nitrogen and oxygen atoms in total. The van der Waals surface area contributed by atoms with Crippen LogP contribution in [0.1, 0.15) is 98.8 Å². The summed E-state index contributed by atoms with van der Waals surface area (Å²) in [6.45, 7) is 13.8. The van der Waals surface area contributed by atoms with Crippen LogP contribution < -0.4 is 0 Å². The lowest BCUT2D eigenvalue weighted by Gasteiger charge is -2.48. The first-order valence-corrected chi connectivity index (χ1v) is 13.4. The summed E-state index contributed by atoms with van der Waals surface area (Å²) in [5.74, 6) is 0. The quantitative estimate of drug-likeness (QED) is 0.249. The summed E-state index contributed by atoms with van der Waals surface area (Å²) >= 11 is 0. The van der Waals surface area contributed by atoms with E-state index in [9.17, 15) is 5.11 Å². The highest BCUT2D eigenvalue weighted by Crippen LogP contribution is 2.33. The molecule has 6 atom stereocenters. The molecule has 1 aliphatic rings. The fourth-order valence-electron chi connectivity index (χ4n) is 3.91. The van der Waals surface area contributed by atoms with Crippen molar-refractivity contribution >= 4 is 0 Å². The molecule has 3 unspecified atom stereocenters. The number of rotatable bonds is 20. The first-order chi connectivity index (χ1) is 15.7. The third-order valence-corrected chi connectivity index (χ3v) is 6.01. The molecule has 1 fully saturated rings. The average molecular weight is 461 g/mol. The van der Waals surface area contributed by atoms with E-state index in [4.69, 9.17) is 23.7 Å². The fraction of sp³-hybridized carbons (Fsp3) is 1.00. The van der Waals surface area contributed by atoms with Gasteiger partial charge in [-0.2, -0.15) is 0 Å². The largest absolute Gasteiger partial charge is 0.387 e. The summed E-state index contributed by atoms with van der Waals surface area (Å²) in [7, 11) is 0. The van der Waals surface area contributed by atoms with Crippen molar-refractivity contribution in [3.63, 3.8) is 0 Å². The molecular formula is C26H52O6. The lowest BCUT2D eigenvalue weighted by Crippen LogP contribution is -2.67. The van der Waals surface area contributed by atoms with Crippen LogP contribution in [0.2, 0.25) is 0 Å². The summed E-state index contributed by atoms with van der Waals surface area (Å²) in [6.07, 6.45) is 7.21. The monoisotopic (exact) mass is 460 g/mol. The minimum absolute atomic E-state index is 0.322. The first-order valence-electron chi connectivity index (χ1n) is 13.4. The van der Waals surface area contributed by atoms with E-state index in [1.807, 2.05) is 0 Å². The summed E-state index contributed by atoms with van der Waals surface area (Å²) in [4.78, 5) is 0. The molecule has 1 saturated carbocycles. The summed E-state index contributed by atoms with van der Waals surface area (Å²) < 4.78 is 31.6. The summed E-state index contributed by atoms with van der Waals surface area (Å²) in [5.41, 5.74) is 0. The van der Waals surface area contributed by atoms with E-state index in [1.54, 1.807) is 0 Å². The Morgan fingerprint density at radius 3 is 0.875 bits per heavy atom. The smallest absolute Gasteiger partial charge is 0.115 e. The Labute approximate surface area is 197 Å². The van der Waals surface area contributed by atoms with E-state index in [0.717, 1.165) is 64.2 Å². The molecule has 1 aliphatic carbocycles. The van der Waals surface area contributed by atoms with Crippen molar-refractivity contribution in [2.75, 3.05) is 33.0 Å². The van der Waals surface area contributed by atoms with Gasteiger partial charge in [-0.1, -0.05) is 66.7 Å². The van der Waals surface area contributed by atoms with Crippen molar-refractivity contribution in [3.05, 3.63) is 0 Å². The number of ether oxygens (including phenoxy) is 5. The molecule has 6 heteroatoms. The Morgan fingerprint density at radius 1 is 0.406 bits per heavy atom. The van der Waals surface area contributed by atoms with E-state index >= 15 is 0 Å². The average Bonchev–Trinajstić information content (AvgIpc) is 2.79. The van der Waals surface area contributed by atoms with Gasteiger partial charge < -0.3 is 28.8 Å². The molecule has 0 spiro atoms. The van der Waals surface area contributed by atoms with Crippen LogP contribution in [-0.2, 0) is 23.7 Å². The van der Waals surface area contributed by atoms with Gasteiger partial charge in [0.05, 0.1) is 0 Å². The van der Waals surface area contributed by atoms with Crippen molar-refractivity contribution < 1.29 is 28.8 Å². The minimum Gasteiger partial charge on any atom is -0.387 e. The zero-order valence-corrected chi connectivity index (χ0v) is 21.6. The number of aliphatic hydroxyl groups excluding tert-OH is 1. The third kappa shape index (κ3) is 10.4. The highest BCUT2D eigenvalue weighted by Gasteiger charge is 2.53. The molecule has 32 heavy (non-hydrogen) atoms. The van der Waals surface area contributed by atoms with Gasteiger partial charge in [-0.3, -0.25) is 0 Å². The second-order valence-corrected chi connectivity index (χ2v) is 8.94. The van der Waals surface area contributed by atoms with Gasteiger partial charge in [-0.15, -0.1) is 0 Å². The SMILES string of the molecule is CCCCOC1C(OCCCC)[C@H](OCCCC)[C@@H](OCCCC)C(OCCCC)[C@H]1O. The van der Waals surface area contributed by atoms with Gasteiger partial charge in [0, 0.05) is 33.0 Å². The van der Waals surface area contributed by atoms with Crippen LogP contribution in [0.3, 0.4) is 0 Å². The third-order valence-electron chi connectivity index (χ3n) is 6.01. The molecular weight excluding hydrogens is 408 g/mol. The van der Waals surface area contributed by atoms with Crippen LogP contribution in [-0.4, -0.2) is 74.8 Å². The molecule has 0 aromatic heterocycles. The fourth-order valence-corrected chi connectivity index (χ4v) is 3.91. The molecule has 0 saturated heterocycles. The molecule has 0 heterocycles. The molecule has 1 rings (SSSR count). The lowest BCUT2D eigenvalue weighted by molar-refractivity contribution is -0.274. The van der Waals surface area contributed by atoms with E-state index in [2.05, 4.69) is 34.6 Å². The van der Waals surface area contributed by atoms with E-state index in [0.29, 0.717) is 33.0 Å². The number of aliphatic hydroxyl groups is 1. The highest BCUT2D eigenvalue weighted by atomic mass is 16.6. The van der Waals surface area contributed by atoms with Crippen molar-refractivity contribution in [2.24, 2.45) is 0 Å². The van der Waals surface area contributed by atoms with Gasteiger partial charge in [-0.05, 0) is 32.1 Å². The first kappa shape index (κ1) is 29.8. The van der Waals surface area contributed by atoms with E-state index in [-0.39, 0.29) is 18.3 Å². The zero-order valence-electron chi connectivity index (χ0n) is 21.6. The van der Waals surface area contributed by atoms with Crippen molar-refractivity contribution in [1.29, 1.82) is 0 Å². The molecule has 0 bridgehead atoms. The number of hydrogen-bond acceptors (Lipinski definition) is 6. The van der Waals surface area contributed by atoms with Crippen molar-refractivity contribution in [3.8, 4) is 0 Å². The lowest BCUT2D eigenvalue weighted by atomic mass is 9.83. The molecule has 0 aliphatic heterocycles. The minimum atomic E-state index is -0.812. The molecule has 1 N–H and O–H groups in total. The number of hydrogen-bond donors (Lipinski definition) is 1. The molecule has 192 valence electrons. The van der Waals surface area contributed by atoms with Gasteiger partial charge in [-0.25, -0.2) is 0 Å². The maximum atomic E-state index is 11.4. The zero-order chi connectivity index (χ0) is 23.6. The Bertz CT molecular complexity index is 389. The molecule has 0 amide bonds. The normalized spacial score (nSPS) is 28.3. The van der Waals surface area contributed by atoms with E-state index in [1.165, 1.54) is 0 Å². The standard InChI is InChI=1S/C26H52O6/c1-6-11-16-28-22-21(27)23(29-17-12-7-2)25(31-19-14-9-4)26(32-20-15-10-5)24(22)30-18-13-8-3/h21-27H,6-20H2,1-5H3/t21-,22?,23?,24+,25?,26-/m1/s1. The van der Waals surface area contributed by atoms with Gasteiger partial charge in [0.15, 0.2) is 0 Å². The Morgan fingerprint density at radius 2 is 0.625 bits per heavy atom. The topological polar surface area (TPSA) is 66.4 Å². The van der Waals surface area contributed by atoms with Crippen LogP contribution >= 0.6 is 0 Å². The van der Waals surface area contributed by atoms with Crippen LogP contribution in [0.15, 0.2) is 0 Å². The van der Waals surface area contributed by atoms with E-state index < -0.39 is 18.3 Å². The predicted molar refractivity (Wildman–Crippen MR) is 129 cm³/mol. The molecule has 0 aromatic rings.